The minimum atomic E-state index is -0.150. The number of hydrogen-bond donors (Lipinski definition) is 2. The third kappa shape index (κ3) is 5.09. The molecule has 2 N–H and O–H groups in total. The minimum Gasteiger partial charge on any atom is -0.493 e. The fourth-order valence-corrected chi connectivity index (χ4v) is 4.50. The van der Waals surface area contributed by atoms with Crippen molar-refractivity contribution in [3.8, 4) is 17.2 Å². The zero-order chi connectivity index (χ0) is 23.4. The second-order valence-electron chi connectivity index (χ2n) is 8.10. The minimum absolute atomic E-state index is 0.114. The van der Waals surface area contributed by atoms with Gasteiger partial charge in [0, 0.05) is 39.9 Å². The zero-order valence-electron chi connectivity index (χ0n) is 19.0. The predicted molar refractivity (Wildman–Crippen MR) is 130 cm³/mol. The number of amides is 1. The molecule has 0 aliphatic heterocycles. The zero-order valence-corrected chi connectivity index (χ0v) is 19.7. The van der Waals surface area contributed by atoms with Crippen molar-refractivity contribution in [2.75, 3.05) is 26.6 Å². The number of anilines is 1. The summed E-state index contributed by atoms with van der Waals surface area (Å²) in [6.45, 7) is 0. The molecule has 4 rings (SSSR count). The second-order valence-corrected chi connectivity index (χ2v) is 8.54. The van der Waals surface area contributed by atoms with Gasteiger partial charge in [0.25, 0.3) is 5.91 Å². The lowest BCUT2D eigenvalue weighted by Gasteiger charge is -2.30. The largest absolute Gasteiger partial charge is 0.493 e. The van der Waals surface area contributed by atoms with Crippen LogP contribution in [0.15, 0.2) is 42.6 Å². The fourth-order valence-electron chi connectivity index (χ4n) is 4.33. The maximum atomic E-state index is 12.9. The molecule has 174 valence electrons. The summed E-state index contributed by atoms with van der Waals surface area (Å²) < 4.78 is 16.1. The van der Waals surface area contributed by atoms with Crippen molar-refractivity contribution in [1.29, 1.82) is 0 Å². The van der Waals surface area contributed by atoms with Gasteiger partial charge in [0.2, 0.25) is 5.75 Å². The monoisotopic (exact) mass is 469 g/mol. The first-order valence-electron chi connectivity index (χ1n) is 10.9. The number of aromatic nitrogens is 1. The van der Waals surface area contributed by atoms with Crippen LogP contribution in [-0.4, -0.2) is 44.3 Å². The van der Waals surface area contributed by atoms with Gasteiger partial charge >= 0.3 is 0 Å². The van der Waals surface area contributed by atoms with Gasteiger partial charge in [-0.1, -0.05) is 11.6 Å². The summed E-state index contributed by atoms with van der Waals surface area (Å²) in [4.78, 5) is 17.3. The predicted octanol–water partition coefficient (Wildman–Crippen LogP) is 5.07. The Balaban J connectivity index is 1.38. The van der Waals surface area contributed by atoms with Gasteiger partial charge < -0.3 is 24.8 Å². The molecule has 3 aromatic rings. The maximum Gasteiger partial charge on any atom is 0.251 e. The summed E-state index contributed by atoms with van der Waals surface area (Å²) in [5, 5.41) is 8.53. The third-order valence-corrected chi connectivity index (χ3v) is 6.29. The lowest BCUT2D eigenvalue weighted by Crippen LogP contribution is -2.40. The molecule has 1 aromatic heterocycles. The van der Waals surface area contributed by atoms with Gasteiger partial charge in [-0.25, -0.2) is 0 Å². The Hall–Kier alpha value is -3.19. The summed E-state index contributed by atoms with van der Waals surface area (Å²) >= 11 is 6.10. The number of rotatable bonds is 7. The van der Waals surface area contributed by atoms with Gasteiger partial charge in [0.05, 0.1) is 26.8 Å². The molecule has 2 aromatic carbocycles. The Morgan fingerprint density at radius 3 is 2.24 bits per heavy atom. The van der Waals surface area contributed by atoms with Gasteiger partial charge in [-0.15, -0.1) is 0 Å². The average Bonchev–Trinajstić information content (AvgIpc) is 2.84. The normalized spacial score (nSPS) is 17.9. The van der Waals surface area contributed by atoms with E-state index in [0.29, 0.717) is 33.9 Å². The van der Waals surface area contributed by atoms with Gasteiger partial charge in [-0.05, 0) is 62.1 Å². The lowest BCUT2D eigenvalue weighted by molar-refractivity contribution is 0.0925. The number of benzene rings is 2. The number of pyridine rings is 1. The quantitative estimate of drug-likeness (QED) is 0.503. The summed E-state index contributed by atoms with van der Waals surface area (Å²) in [5.74, 6) is 1.23. The van der Waals surface area contributed by atoms with E-state index in [-0.39, 0.29) is 11.9 Å². The summed E-state index contributed by atoms with van der Waals surface area (Å²) in [6, 6.07) is 11.5. The van der Waals surface area contributed by atoms with Crippen LogP contribution in [0.1, 0.15) is 36.0 Å². The third-order valence-electron chi connectivity index (χ3n) is 6.05. The van der Waals surface area contributed by atoms with Crippen LogP contribution >= 0.6 is 11.6 Å². The first-order chi connectivity index (χ1) is 16.0. The van der Waals surface area contributed by atoms with Crippen LogP contribution in [0.4, 0.5) is 5.69 Å². The molecule has 0 unspecified atom stereocenters. The molecule has 1 fully saturated rings. The first-order valence-corrected chi connectivity index (χ1v) is 11.3. The molecule has 1 amide bonds. The molecule has 7 nitrogen and oxygen atoms in total. The smallest absolute Gasteiger partial charge is 0.251 e. The molecule has 1 aliphatic carbocycles. The van der Waals surface area contributed by atoms with Crippen molar-refractivity contribution < 1.29 is 19.0 Å². The van der Waals surface area contributed by atoms with E-state index in [4.69, 9.17) is 25.8 Å². The summed E-state index contributed by atoms with van der Waals surface area (Å²) in [7, 11) is 4.61. The number of methoxy groups -OCH3 is 3. The van der Waals surface area contributed by atoms with Crippen LogP contribution in [0.2, 0.25) is 5.02 Å². The second kappa shape index (κ2) is 10.2. The Morgan fingerprint density at radius 2 is 1.61 bits per heavy atom. The van der Waals surface area contributed by atoms with Crippen molar-refractivity contribution in [1.82, 2.24) is 10.3 Å². The highest BCUT2D eigenvalue weighted by molar-refractivity contribution is 6.31. The molecule has 0 atom stereocenters. The molecule has 1 heterocycles. The number of carbonyl (C=O) groups excluding carboxylic acids is 1. The van der Waals surface area contributed by atoms with E-state index >= 15 is 0 Å². The topological polar surface area (TPSA) is 81.7 Å². The number of halogens is 1. The van der Waals surface area contributed by atoms with E-state index in [1.807, 2.05) is 24.3 Å². The molecule has 0 bridgehead atoms. The highest BCUT2D eigenvalue weighted by Gasteiger charge is 2.24. The summed E-state index contributed by atoms with van der Waals surface area (Å²) in [6.07, 6.45) is 5.49. The molecule has 0 radical (unpaired) electrons. The first kappa shape index (κ1) is 23.0. The van der Waals surface area contributed by atoms with E-state index in [1.54, 1.807) is 18.3 Å². The van der Waals surface area contributed by atoms with Crippen molar-refractivity contribution >= 4 is 34.1 Å². The Labute approximate surface area is 198 Å². The van der Waals surface area contributed by atoms with Crippen LogP contribution in [0.5, 0.6) is 17.2 Å². The number of carbonyl (C=O) groups is 1. The Kier molecular flexibility index (Phi) is 7.08. The van der Waals surface area contributed by atoms with Crippen LogP contribution in [0.3, 0.4) is 0 Å². The highest BCUT2D eigenvalue weighted by Crippen LogP contribution is 2.38. The van der Waals surface area contributed by atoms with Crippen LogP contribution in [-0.2, 0) is 0 Å². The molecule has 33 heavy (non-hydrogen) atoms. The van der Waals surface area contributed by atoms with Crippen molar-refractivity contribution in [2.24, 2.45) is 0 Å². The summed E-state index contributed by atoms with van der Waals surface area (Å²) in [5.41, 5.74) is 2.41. The van der Waals surface area contributed by atoms with Gasteiger partial charge in [-0.3, -0.25) is 9.78 Å². The molecular weight excluding hydrogens is 442 g/mol. The SMILES string of the molecule is COc1cc(C(=O)NC2CCC(Nc3ccnc4cc(Cl)ccc34)CC2)cc(OC)c1OC. The number of nitrogens with one attached hydrogen (secondary N) is 2. The molecule has 0 saturated heterocycles. The molecular formula is C25H28ClN3O4. The Bertz CT molecular complexity index is 1120. The van der Waals surface area contributed by atoms with Crippen molar-refractivity contribution in [3.63, 3.8) is 0 Å². The van der Waals surface area contributed by atoms with Crippen molar-refractivity contribution in [2.45, 2.75) is 37.8 Å². The van der Waals surface area contributed by atoms with Crippen LogP contribution in [0, 0.1) is 0 Å². The number of nitrogens with zero attached hydrogens (tertiary/aromatic N) is 1. The van der Waals surface area contributed by atoms with Crippen LogP contribution < -0.4 is 24.8 Å². The van der Waals surface area contributed by atoms with E-state index in [9.17, 15) is 4.79 Å². The Morgan fingerprint density at radius 1 is 0.939 bits per heavy atom. The molecule has 0 spiro atoms. The van der Waals surface area contributed by atoms with E-state index in [2.05, 4.69) is 15.6 Å². The molecule has 8 heteroatoms. The van der Waals surface area contributed by atoms with Gasteiger partial charge in [-0.2, -0.15) is 0 Å². The van der Waals surface area contributed by atoms with E-state index < -0.39 is 0 Å². The van der Waals surface area contributed by atoms with E-state index in [1.165, 1.54) is 21.3 Å². The van der Waals surface area contributed by atoms with E-state index in [0.717, 1.165) is 42.3 Å². The van der Waals surface area contributed by atoms with Crippen LogP contribution in [0.25, 0.3) is 10.9 Å². The standard InChI is InChI=1S/C25H28ClN3O4/c1-31-22-12-15(13-23(32-2)24(22)33-3)25(30)29-18-7-5-17(6-8-18)28-20-10-11-27-21-14-16(26)4-9-19(20)21/h4,9-14,17-18H,5-8H2,1-3H3,(H,27,28)(H,29,30). The number of fused-ring (bicyclic) bond motifs is 1. The highest BCUT2D eigenvalue weighted by atomic mass is 35.5. The maximum absolute atomic E-state index is 12.9. The number of hydrogen-bond acceptors (Lipinski definition) is 6. The fraction of sp³-hybridized carbons (Fsp3) is 0.360. The van der Waals surface area contributed by atoms with Crippen molar-refractivity contribution in [3.05, 3.63) is 53.2 Å². The van der Waals surface area contributed by atoms with Gasteiger partial charge in [0.15, 0.2) is 11.5 Å². The van der Waals surface area contributed by atoms with Gasteiger partial charge in [0.1, 0.15) is 0 Å². The molecule has 1 aliphatic rings. The molecule has 1 saturated carbocycles. The lowest BCUT2D eigenvalue weighted by atomic mass is 9.90. The number of ether oxygens (including phenoxy) is 3. The average molecular weight is 470 g/mol.